The number of aryl methyl sites for hydroxylation is 1. The Labute approximate surface area is 110 Å². The third kappa shape index (κ3) is 2.75. The largest absolute Gasteiger partial charge is 0.294 e. The van der Waals surface area contributed by atoms with E-state index in [0.29, 0.717) is 12.0 Å². The molecule has 1 aromatic rings. The lowest BCUT2D eigenvalue weighted by molar-refractivity contribution is 0.481. The topological polar surface area (TPSA) is 54.4 Å². The highest BCUT2D eigenvalue weighted by Gasteiger charge is 2.25. The summed E-state index contributed by atoms with van der Waals surface area (Å²) in [7, 11) is -4.15. The van der Waals surface area contributed by atoms with Crippen molar-refractivity contribution in [2.24, 2.45) is 0 Å². The molecule has 3 nitrogen and oxygen atoms in total. The second-order valence-electron chi connectivity index (χ2n) is 5.75. The van der Waals surface area contributed by atoms with Gasteiger partial charge in [0, 0.05) is 0 Å². The van der Waals surface area contributed by atoms with Gasteiger partial charge in [-0.15, -0.1) is 0 Å². The first-order valence-corrected chi connectivity index (χ1v) is 7.55. The van der Waals surface area contributed by atoms with Gasteiger partial charge in [-0.2, -0.15) is 8.42 Å². The molecule has 102 valence electrons. The zero-order chi connectivity index (χ0) is 14.3. The molecule has 1 N–H and O–H groups in total. The molecule has 0 amide bonds. The second kappa shape index (κ2) is 4.67. The van der Waals surface area contributed by atoms with Crippen LogP contribution in [0.2, 0.25) is 0 Å². The van der Waals surface area contributed by atoms with Crippen LogP contribution < -0.4 is 0 Å². The van der Waals surface area contributed by atoms with E-state index >= 15 is 0 Å². The van der Waals surface area contributed by atoms with Crippen LogP contribution in [0.25, 0.3) is 0 Å². The molecule has 0 aliphatic carbocycles. The van der Waals surface area contributed by atoms with Gasteiger partial charge >= 0.3 is 0 Å². The van der Waals surface area contributed by atoms with Crippen molar-refractivity contribution in [3.8, 4) is 0 Å². The summed E-state index contributed by atoms with van der Waals surface area (Å²) in [5, 5.41) is 0. The average Bonchev–Trinajstić information content (AvgIpc) is 2.13. The van der Waals surface area contributed by atoms with Crippen LogP contribution >= 0.6 is 0 Å². The molecular weight excluding hydrogens is 248 g/mol. The Balaban J connectivity index is 3.77. The highest BCUT2D eigenvalue weighted by molar-refractivity contribution is 7.85. The summed E-state index contributed by atoms with van der Waals surface area (Å²) in [5.74, 6) is 0. The van der Waals surface area contributed by atoms with E-state index in [1.54, 1.807) is 6.07 Å². The van der Waals surface area contributed by atoms with E-state index < -0.39 is 10.1 Å². The third-order valence-corrected chi connectivity index (χ3v) is 4.17. The molecular formula is C14H22O3S. The zero-order valence-electron chi connectivity index (χ0n) is 12.0. The monoisotopic (exact) mass is 270 g/mol. The molecule has 0 heterocycles. The standard InChI is InChI=1S/C14H22O3S/c1-7-11-10(3)13(14(4,5)6)9(2)8-12(11)18(15,16)17/h8H,7H2,1-6H3,(H,15,16,17). The van der Waals surface area contributed by atoms with Crippen LogP contribution in [0.3, 0.4) is 0 Å². The molecule has 0 bridgehead atoms. The number of hydrogen-bond donors (Lipinski definition) is 1. The summed E-state index contributed by atoms with van der Waals surface area (Å²) < 4.78 is 32.2. The molecule has 0 saturated heterocycles. The van der Waals surface area contributed by atoms with E-state index in [-0.39, 0.29) is 10.3 Å². The van der Waals surface area contributed by atoms with Crippen molar-refractivity contribution >= 4 is 10.1 Å². The SMILES string of the molecule is CCc1c(S(=O)(=O)O)cc(C)c(C(C)(C)C)c1C. The first-order valence-electron chi connectivity index (χ1n) is 6.11. The van der Waals surface area contributed by atoms with E-state index in [1.165, 1.54) is 0 Å². The van der Waals surface area contributed by atoms with Gasteiger partial charge in [0.2, 0.25) is 0 Å². The Morgan fingerprint density at radius 3 is 2.06 bits per heavy atom. The number of benzene rings is 1. The minimum absolute atomic E-state index is 0.0458. The molecule has 0 aliphatic rings. The van der Waals surface area contributed by atoms with Crippen molar-refractivity contribution in [2.75, 3.05) is 0 Å². The quantitative estimate of drug-likeness (QED) is 0.838. The van der Waals surface area contributed by atoms with Gasteiger partial charge in [0.25, 0.3) is 10.1 Å². The lowest BCUT2D eigenvalue weighted by Gasteiger charge is -2.27. The summed E-state index contributed by atoms with van der Waals surface area (Å²) in [6, 6.07) is 1.59. The predicted octanol–water partition coefficient (Wildman–Crippen LogP) is 3.41. The van der Waals surface area contributed by atoms with Gasteiger partial charge in [-0.3, -0.25) is 4.55 Å². The van der Waals surface area contributed by atoms with E-state index in [2.05, 4.69) is 20.8 Å². The van der Waals surface area contributed by atoms with Crippen molar-refractivity contribution < 1.29 is 13.0 Å². The van der Waals surface area contributed by atoms with E-state index in [0.717, 1.165) is 16.7 Å². The first-order chi connectivity index (χ1) is 8.00. The molecule has 0 aliphatic heterocycles. The molecule has 0 unspecified atom stereocenters. The minimum Gasteiger partial charge on any atom is -0.282 e. The lowest BCUT2D eigenvalue weighted by Crippen LogP contribution is -2.18. The van der Waals surface area contributed by atoms with Crippen LogP contribution in [0.5, 0.6) is 0 Å². The molecule has 1 aromatic carbocycles. The van der Waals surface area contributed by atoms with E-state index in [9.17, 15) is 13.0 Å². The van der Waals surface area contributed by atoms with Crippen molar-refractivity contribution in [1.82, 2.24) is 0 Å². The summed E-state index contributed by atoms with van der Waals surface area (Å²) in [5.41, 5.74) is 3.71. The fraction of sp³-hybridized carbons (Fsp3) is 0.571. The van der Waals surface area contributed by atoms with Gasteiger partial charge < -0.3 is 0 Å². The molecule has 0 fully saturated rings. The summed E-state index contributed by atoms with van der Waals surface area (Å²) in [6.45, 7) is 12.0. The molecule has 0 radical (unpaired) electrons. The van der Waals surface area contributed by atoms with Gasteiger partial charge in [-0.1, -0.05) is 27.7 Å². The Kier molecular flexibility index (Phi) is 3.94. The Hall–Kier alpha value is -0.870. The Morgan fingerprint density at radius 2 is 1.72 bits per heavy atom. The van der Waals surface area contributed by atoms with Crippen LogP contribution in [-0.4, -0.2) is 13.0 Å². The summed E-state index contributed by atoms with van der Waals surface area (Å²) >= 11 is 0. The molecule has 1 rings (SSSR count). The molecule has 0 spiro atoms. The molecule has 0 aromatic heterocycles. The lowest BCUT2D eigenvalue weighted by atomic mass is 9.79. The zero-order valence-corrected chi connectivity index (χ0v) is 12.8. The average molecular weight is 270 g/mol. The van der Waals surface area contributed by atoms with E-state index in [4.69, 9.17) is 0 Å². The maximum atomic E-state index is 11.4. The predicted molar refractivity (Wildman–Crippen MR) is 73.8 cm³/mol. The van der Waals surface area contributed by atoms with E-state index in [1.807, 2.05) is 20.8 Å². The van der Waals surface area contributed by atoms with Gasteiger partial charge in [0.15, 0.2) is 0 Å². The van der Waals surface area contributed by atoms with Gasteiger partial charge in [0.1, 0.15) is 0 Å². The van der Waals surface area contributed by atoms with Crippen molar-refractivity contribution in [3.05, 3.63) is 28.3 Å². The van der Waals surface area contributed by atoms with Gasteiger partial charge in [-0.25, -0.2) is 0 Å². The van der Waals surface area contributed by atoms with Crippen LogP contribution in [-0.2, 0) is 22.0 Å². The maximum absolute atomic E-state index is 11.4. The smallest absolute Gasteiger partial charge is 0.282 e. The van der Waals surface area contributed by atoms with Crippen molar-refractivity contribution in [3.63, 3.8) is 0 Å². The van der Waals surface area contributed by atoms with Gasteiger partial charge in [0.05, 0.1) is 4.90 Å². The number of rotatable bonds is 2. The third-order valence-electron chi connectivity index (χ3n) is 3.25. The second-order valence-corrected chi connectivity index (χ2v) is 7.14. The molecule has 0 atom stereocenters. The van der Waals surface area contributed by atoms with Crippen molar-refractivity contribution in [2.45, 2.75) is 58.3 Å². The van der Waals surface area contributed by atoms with Crippen molar-refractivity contribution in [1.29, 1.82) is 0 Å². The Morgan fingerprint density at radius 1 is 1.22 bits per heavy atom. The van der Waals surface area contributed by atoms with Crippen LogP contribution in [0.1, 0.15) is 49.9 Å². The highest BCUT2D eigenvalue weighted by atomic mass is 32.2. The molecule has 18 heavy (non-hydrogen) atoms. The highest BCUT2D eigenvalue weighted by Crippen LogP contribution is 2.34. The fourth-order valence-corrected chi connectivity index (χ4v) is 3.75. The summed E-state index contributed by atoms with van der Waals surface area (Å²) in [6.07, 6.45) is 0.588. The van der Waals surface area contributed by atoms with Crippen LogP contribution in [0.4, 0.5) is 0 Å². The van der Waals surface area contributed by atoms with Gasteiger partial charge in [-0.05, 0) is 54.0 Å². The Bertz CT molecular complexity index is 564. The normalized spacial score (nSPS) is 12.8. The minimum atomic E-state index is -4.15. The molecule has 4 heteroatoms. The van der Waals surface area contributed by atoms with Crippen LogP contribution in [0.15, 0.2) is 11.0 Å². The first kappa shape index (κ1) is 15.2. The fourth-order valence-electron chi connectivity index (χ4n) is 2.81. The van der Waals surface area contributed by atoms with Crippen LogP contribution in [0, 0.1) is 13.8 Å². The number of hydrogen-bond acceptors (Lipinski definition) is 2. The summed E-state index contributed by atoms with van der Waals surface area (Å²) in [4.78, 5) is 0.0491. The molecule has 0 saturated carbocycles. The maximum Gasteiger partial charge on any atom is 0.294 e.